The molecule has 0 saturated heterocycles. The predicted octanol–water partition coefficient (Wildman–Crippen LogP) is 9.53. The molecule has 3 rings (SSSR count). The molecule has 1 saturated carbocycles. The molecule has 40 heavy (non-hydrogen) atoms. The predicted molar refractivity (Wildman–Crippen MR) is 160 cm³/mol. The number of nitrogens with zero attached hydrogens (tertiary/aromatic N) is 1. The second-order valence-corrected chi connectivity index (χ2v) is 11.5. The highest BCUT2D eigenvalue weighted by atomic mass is 19.1. The third-order valence-electron chi connectivity index (χ3n) is 8.16. The average Bonchev–Trinajstić information content (AvgIpc) is 2.98. The highest BCUT2D eigenvalue weighted by molar-refractivity contribution is 5.74. The molecule has 0 unspecified atom stereocenters. The zero-order chi connectivity index (χ0) is 28.7. The minimum atomic E-state index is -1.48. The van der Waals surface area contributed by atoms with Crippen LogP contribution in [0.15, 0.2) is 42.5 Å². The van der Waals surface area contributed by atoms with E-state index in [1.807, 2.05) is 25.1 Å². The number of hydrogen-bond donors (Lipinski definition) is 0. The molecular formula is C35H48FNO3. The van der Waals surface area contributed by atoms with E-state index in [0.29, 0.717) is 23.7 Å². The molecule has 218 valence electrons. The lowest BCUT2D eigenvalue weighted by Gasteiger charge is -2.28. The van der Waals surface area contributed by atoms with E-state index < -0.39 is 12.1 Å². The highest BCUT2D eigenvalue weighted by Crippen LogP contribution is 2.31. The summed E-state index contributed by atoms with van der Waals surface area (Å²) >= 11 is 0. The van der Waals surface area contributed by atoms with Crippen LogP contribution in [0, 0.1) is 17.2 Å². The number of nitriles is 1. The number of rotatable bonds is 16. The Hall–Kier alpha value is -2.87. The molecule has 0 bridgehead atoms. The molecule has 0 N–H and O–H groups in total. The van der Waals surface area contributed by atoms with E-state index in [0.717, 1.165) is 68.9 Å². The number of halogens is 1. The van der Waals surface area contributed by atoms with Gasteiger partial charge in [-0.05, 0) is 99.5 Å². The first-order valence-corrected chi connectivity index (χ1v) is 15.6. The van der Waals surface area contributed by atoms with Crippen molar-refractivity contribution in [3.05, 3.63) is 53.6 Å². The summed E-state index contributed by atoms with van der Waals surface area (Å²) in [6.45, 7) is 6.28. The highest BCUT2D eigenvalue weighted by Gasteiger charge is 2.27. The topological polar surface area (TPSA) is 59.3 Å². The number of carbonyl (C=O) groups excluding carboxylic acids is 1. The zero-order valence-corrected chi connectivity index (χ0v) is 24.8. The van der Waals surface area contributed by atoms with E-state index >= 15 is 0 Å². The van der Waals surface area contributed by atoms with Crippen LogP contribution in [0.5, 0.6) is 5.75 Å². The fraction of sp³-hybridized carbons (Fsp3) is 0.600. The lowest BCUT2D eigenvalue weighted by molar-refractivity contribution is -0.157. The van der Waals surface area contributed by atoms with Gasteiger partial charge in [0.2, 0.25) is 0 Å². The van der Waals surface area contributed by atoms with Crippen LogP contribution in [0.2, 0.25) is 0 Å². The van der Waals surface area contributed by atoms with E-state index in [1.165, 1.54) is 24.8 Å². The van der Waals surface area contributed by atoms with Gasteiger partial charge in [0.15, 0.2) is 6.17 Å². The van der Waals surface area contributed by atoms with Crippen LogP contribution < -0.4 is 4.74 Å². The van der Waals surface area contributed by atoms with Crippen LogP contribution in [0.4, 0.5) is 4.39 Å². The van der Waals surface area contributed by atoms with E-state index in [1.54, 1.807) is 0 Å². The first kappa shape index (κ1) is 31.7. The third-order valence-corrected chi connectivity index (χ3v) is 8.16. The van der Waals surface area contributed by atoms with Crippen LogP contribution in [-0.2, 0) is 16.0 Å². The second-order valence-electron chi connectivity index (χ2n) is 11.5. The number of carbonyl (C=O) groups is 1. The Morgan fingerprint density at radius 1 is 0.950 bits per heavy atom. The molecule has 2 aromatic rings. The van der Waals surface area contributed by atoms with Gasteiger partial charge in [0.05, 0.1) is 11.7 Å². The average molecular weight is 550 g/mol. The largest absolute Gasteiger partial charge is 0.489 e. The number of aryl methyl sites for hydroxylation is 1. The van der Waals surface area contributed by atoms with Crippen molar-refractivity contribution in [2.45, 2.75) is 129 Å². The van der Waals surface area contributed by atoms with E-state index in [4.69, 9.17) is 9.47 Å². The van der Waals surface area contributed by atoms with Crippen molar-refractivity contribution in [2.75, 3.05) is 0 Å². The number of ether oxygens (including phenoxy) is 2. The molecule has 0 spiro atoms. The molecule has 0 aromatic heterocycles. The van der Waals surface area contributed by atoms with Gasteiger partial charge in [0, 0.05) is 0 Å². The Bertz CT molecular complexity index is 1070. The fourth-order valence-electron chi connectivity index (χ4n) is 5.55. The van der Waals surface area contributed by atoms with Crippen molar-refractivity contribution >= 4 is 5.97 Å². The van der Waals surface area contributed by atoms with Gasteiger partial charge in [0.1, 0.15) is 17.9 Å². The number of benzene rings is 2. The van der Waals surface area contributed by atoms with Crippen molar-refractivity contribution in [2.24, 2.45) is 5.92 Å². The summed E-state index contributed by atoms with van der Waals surface area (Å²) in [6, 6.07) is 16.8. The number of alkyl halides is 1. The smallest absolute Gasteiger partial charge is 0.340 e. The number of unbranched alkanes of at least 4 members (excludes halogenated alkanes) is 4. The molecule has 2 aromatic carbocycles. The molecule has 0 aliphatic heterocycles. The Labute approximate surface area is 241 Å². The minimum Gasteiger partial charge on any atom is -0.489 e. The van der Waals surface area contributed by atoms with Gasteiger partial charge >= 0.3 is 5.97 Å². The van der Waals surface area contributed by atoms with Crippen LogP contribution in [0.3, 0.4) is 0 Å². The van der Waals surface area contributed by atoms with Crippen molar-refractivity contribution in [1.82, 2.24) is 0 Å². The monoisotopic (exact) mass is 549 g/mol. The Balaban J connectivity index is 1.45. The molecule has 0 amide bonds. The normalized spacial score (nSPS) is 18.5. The summed E-state index contributed by atoms with van der Waals surface area (Å²) in [5.74, 6) is 0.598. The van der Waals surface area contributed by atoms with Crippen molar-refractivity contribution in [3.63, 3.8) is 0 Å². The summed E-state index contributed by atoms with van der Waals surface area (Å²) in [5.41, 5.74) is 3.98. The molecule has 1 aliphatic rings. The Morgan fingerprint density at radius 3 is 2.33 bits per heavy atom. The van der Waals surface area contributed by atoms with Crippen LogP contribution in [-0.4, -0.2) is 24.3 Å². The van der Waals surface area contributed by atoms with Gasteiger partial charge in [0.25, 0.3) is 0 Å². The first-order chi connectivity index (χ1) is 19.4. The SMILES string of the molecule is CCCCCC[C@H](C)Oc1ccc(-c2ccc(CC[C@H]3CC[C@H](OC(=O)[C@@H](F)CCCC)CC3)cc2)cc1C#N. The van der Waals surface area contributed by atoms with E-state index in [9.17, 15) is 14.4 Å². The van der Waals surface area contributed by atoms with Gasteiger partial charge in [-0.2, -0.15) is 5.26 Å². The molecule has 4 nitrogen and oxygen atoms in total. The number of hydrogen-bond acceptors (Lipinski definition) is 4. The van der Waals surface area contributed by atoms with Crippen LogP contribution >= 0.6 is 0 Å². The van der Waals surface area contributed by atoms with Crippen LogP contribution in [0.25, 0.3) is 11.1 Å². The van der Waals surface area contributed by atoms with Crippen LogP contribution in [0.1, 0.15) is 115 Å². The summed E-state index contributed by atoms with van der Waals surface area (Å²) in [4.78, 5) is 12.0. The first-order valence-electron chi connectivity index (χ1n) is 15.6. The minimum absolute atomic E-state index is 0.0946. The van der Waals surface area contributed by atoms with Crippen molar-refractivity contribution in [3.8, 4) is 22.9 Å². The van der Waals surface area contributed by atoms with Gasteiger partial charge in [-0.15, -0.1) is 0 Å². The van der Waals surface area contributed by atoms with Crippen molar-refractivity contribution < 1.29 is 18.7 Å². The fourth-order valence-corrected chi connectivity index (χ4v) is 5.55. The summed E-state index contributed by atoms with van der Waals surface area (Å²) < 4.78 is 25.5. The molecule has 1 aliphatic carbocycles. The lowest BCUT2D eigenvalue weighted by atomic mass is 9.83. The standard InChI is InChI=1S/C35H48FNO3/c1-4-6-8-9-10-26(3)39-34-23-20-30(24-31(34)25-37)29-18-14-27(15-19-29)12-13-28-16-21-32(22-17-28)40-35(38)33(36)11-7-5-2/h14-15,18-20,23-24,26,28,32-33H,4-13,16-17,21-22H2,1-3H3/t26-,28-,32-,33-/m0/s1. The molecule has 5 heteroatoms. The van der Waals surface area contributed by atoms with E-state index in [2.05, 4.69) is 44.2 Å². The summed E-state index contributed by atoms with van der Waals surface area (Å²) in [5, 5.41) is 9.73. The molecule has 0 heterocycles. The maximum absolute atomic E-state index is 13.9. The van der Waals surface area contributed by atoms with Gasteiger partial charge in [-0.1, -0.05) is 76.3 Å². The van der Waals surface area contributed by atoms with Gasteiger partial charge in [-0.3, -0.25) is 0 Å². The Kier molecular flexibility index (Phi) is 13.5. The van der Waals surface area contributed by atoms with Crippen molar-refractivity contribution in [1.29, 1.82) is 5.26 Å². The maximum atomic E-state index is 13.9. The molecule has 1 fully saturated rings. The third kappa shape index (κ3) is 10.3. The summed E-state index contributed by atoms with van der Waals surface area (Å²) in [7, 11) is 0. The summed E-state index contributed by atoms with van der Waals surface area (Å²) in [6.07, 6.45) is 12.0. The molecule has 0 radical (unpaired) electrons. The lowest BCUT2D eigenvalue weighted by Crippen LogP contribution is -2.29. The quantitative estimate of drug-likeness (QED) is 0.154. The maximum Gasteiger partial charge on any atom is 0.340 e. The molecular weight excluding hydrogens is 501 g/mol. The van der Waals surface area contributed by atoms with Gasteiger partial charge < -0.3 is 9.47 Å². The van der Waals surface area contributed by atoms with E-state index in [-0.39, 0.29) is 18.6 Å². The number of esters is 1. The Morgan fingerprint density at radius 2 is 1.65 bits per heavy atom. The molecule has 2 atom stereocenters. The zero-order valence-electron chi connectivity index (χ0n) is 24.8. The second kappa shape index (κ2) is 17.1. The van der Waals surface area contributed by atoms with Gasteiger partial charge in [-0.25, -0.2) is 9.18 Å².